The first-order chi connectivity index (χ1) is 20.1. The highest BCUT2D eigenvalue weighted by atomic mass is 35.5. The van der Waals surface area contributed by atoms with Crippen molar-refractivity contribution in [1.29, 1.82) is 0 Å². The lowest BCUT2D eigenvalue weighted by molar-refractivity contribution is -0.107. The molecule has 2 aliphatic rings. The molecule has 1 aliphatic heterocycles. The summed E-state index contributed by atoms with van der Waals surface area (Å²) in [6.07, 6.45) is 11.7. The van der Waals surface area contributed by atoms with Crippen molar-refractivity contribution in [3.63, 3.8) is 0 Å². The molecule has 0 bridgehead atoms. The van der Waals surface area contributed by atoms with Crippen LogP contribution in [0.2, 0.25) is 10.0 Å². The number of benzene rings is 2. The molecule has 0 aromatic heterocycles. The van der Waals surface area contributed by atoms with Gasteiger partial charge in [0.15, 0.2) is 0 Å². The van der Waals surface area contributed by atoms with Crippen LogP contribution < -0.4 is 5.32 Å². The van der Waals surface area contributed by atoms with E-state index >= 15 is 0 Å². The van der Waals surface area contributed by atoms with Crippen molar-refractivity contribution in [2.45, 2.75) is 92.0 Å². The summed E-state index contributed by atoms with van der Waals surface area (Å²) in [5, 5.41) is 3.08. The van der Waals surface area contributed by atoms with Gasteiger partial charge in [-0.15, -0.1) is 0 Å². The van der Waals surface area contributed by atoms with Gasteiger partial charge in [-0.3, -0.25) is 4.79 Å². The molecule has 42 heavy (non-hydrogen) atoms. The minimum atomic E-state index is -0.351. The van der Waals surface area contributed by atoms with Crippen LogP contribution in [-0.2, 0) is 11.2 Å². The van der Waals surface area contributed by atoms with Gasteiger partial charge in [0.1, 0.15) is 6.29 Å². The molecule has 0 spiro atoms. The van der Waals surface area contributed by atoms with E-state index in [1.54, 1.807) is 0 Å². The van der Waals surface area contributed by atoms with Crippen molar-refractivity contribution in [1.82, 2.24) is 10.2 Å². The Kier molecular flexibility index (Phi) is 16.8. The van der Waals surface area contributed by atoms with E-state index in [1.165, 1.54) is 81.7 Å². The average molecular weight is 618 g/mol. The van der Waals surface area contributed by atoms with Gasteiger partial charge in [-0.05, 0) is 99.0 Å². The molecule has 1 amide bonds. The predicted molar refractivity (Wildman–Crippen MR) is 180 cm³/mol. The largest absolute Gasteiger partial charge is 0.345 e. The van der Waals surface area contributed by atoms with Crippen molar-refractivity contribution < 1.29 is 9.59 Å². The van der Waals surface area contributed by atoms with Crippen LogP contribution in [0.15, 0.2) is 48.5 Å². The maximum absolute atomic E-state index is 11.3. The van der Waals surface area contributed by atoms with Gasteiger partial charge >= 0.3 is 0 Å². The number of halogens is 2. The number of hydrogen-bond donors (Lipinski definition) is 1. The maximum atomic E-state index is 11.3. The molecule has 1 heterocycles. The molecule has 0 radical (unpaired) electrons. The standard InChI is InChI=1S/C16H26.C11H21N.C9H7Cl2NO2/c1-4-9-16(14(3)5-2)13-12-15-10-7-6-8-11-15;1-8(2)10-6-7-12(3)11(10)9-4-5-9;10-7-2-1-6(5-8(7)11)9(14)12-3-4-13/h6-8,10-11,14,16H,4-5,9,12-13H2,1-3H3;8-11H,4-7H2,1-3H3;1-2,4-5H,3H2,(H,12,14). The molecule has 4 rings (SSSR count). The molecule has 1 saturated carbocycles. The molecule has 1 aliphatic carbocycles. The van der Waals surface area contributed by atoms with E-state index < -0.39 is 0 Å². The highest BCUT2D eigenvalue weighted by Crippen LogP contribution is 2.44. The number of nitrogens with one attached hydrogen (secondary N) is 1. The van der Waals surface area contributed by atoms with Gasteiger partial charge in [0.05, 0.1) is 16.6 Å². The van der Waals surface area contributed by atoms with Crippen LogP contribution in [-0.4, -0.2) is 43.3 Å². The molecular weight excluding hydrogens is 563 g/mol. The van der Waals surface area contributed by atoms with Crippen LogP contribution in [0.25, 0.3) is 0 Å². The third-order valence-corrected chi connectivity index (χ3v) is 9.75. The van der Waals surface area contributed by atoms with Crippen molar-refractivity contribution in [2.75, 3.05) is 20.1 Å². The third kappa shape index (κ3) is 12.4. The second-order valence-corrected chi connectivity index (χ2v) is 13.3. The van der Waals surface area contributed by atoms with Crippen LogP contribution in [0, 0.1) is 29.6 Å². The van der Waals surface area contributed by atoms with Crippen LogP contribution >= 0.6 is 23.2 Å². The lowest BCUT2D eigenvalue weighted by Gasteiger charge is -2.27. The van der Waals surface area contributed by atoms with Crippen LogP contribution in [0.4, 0.5) is 0 Å². The number of carbonyl (C=O) groups excluding carboxylic acids is 2. The summed E-state index contributed by atoms with van der Waals surface area (Å²) in [5.74, 6) is 4.38. The Balaban J connectivity index is 0.000000222. The molecule has 1 saturated heterocycles. The zero-order valence-electron chi connectivity index (χ0n) is 26.8. The molecule has 2 aromatic carbocycles. The number of aryl methyl sites for hydroxylation is 1. The third-order valence-electron chi connectivity index (χ3n) is 9.01. The molecule has 6 heteroatoms. The minimum Gasteiger partial charge on any atom is -0.345 e. The zero-order valence-corrected chi connectivity index (χ0v) is 28.3. The Labute approximate surface area is 265 Å². The Morgan fingerprint density at radius 3 is 2.24 bits per heavy atom. The molecule has 2 fully saturated rings. The highest BCUT2D eigenvalue weighted by molar-refractivity contribution is 6.42. The molecule has 4 unspecified atom stereocenters. The molecule has 4 nitrogen and oxygen atoms in total. The second-order valence-electron chi connectivity index (χ2n) is 12.5. The van der Waals surface area contributed by atoms with Crippen molar-refractivity contribution in [2.24, 2.45) is 29.6 Å². The fraction of sp³-hybridized carbons (Fsp3) is 0.611. The van der Waals surface area contributed by atoms with Crippen LogP contribution in [0.5, 0.6) is 0 Å². The minimum absolute atomic E-state index is 0.0148. The van der Waals surface area contributed by atoms with Crippen LogP contribution in [0.1, 0.15) is 95.5 Å². The van der Waals surface area contributed by atoms with E-state index in [2.05, 4.69) is 82.2 Å². The molecule has 234 valence electrons. The van der Waals surface area contributed by atoms with E-state index in [4.69, 9.17) is 23.2 Å². The quantitative estimate of drug-likeness (QED) is 0.242. The molecule has 4 atom stereocenters. The lowest BCUT2D eigenvalue weighted by Crippen LogP contribution is -2.33. The summed E-state index contributed by atoms with van der Waals surface area (Å²) in [4.78, 5) is 23.9. The number of nitrogens with zero attached hydrogens (tertiary/aromatic N) is 1. The summed E-state index contributed by atoms with van der Waals surface area (Å²) >= 11 is 11.4. The fourth-order valence-corrected chi connectivity index (χ4v) is 6.46. The summed E-state index contributed by atoms with van der Waals surface area (Å²) in [7, 11) is 2.31. The first kappa shape index (κ1) is 36.3. The smallest absolute Gasteiger partial charge is 0.251 e. The maximum Gasteiger partial charge on any atom is 0.251 e. The van der Waals surface area contributed by atoms with Gasteiger partial charge in [0.25, 0.3) is 5.91 Å². The number of rotatable bonds is 12. The SMILES string of the molecule is CC(C)C1CCN(C)C1C1CC1.CCCC(CCc1ccccc1)C(C)CC.O=CCNC(=O)c1ccc(Cl)c(Cl)c1. The highest BCUT2D eigenvalue weighted by Gasteiger charge is 2.43. The first-order valence-corrected chi connectivity index (χ1v) is 16.8. The van der Waals surface area contributed by atoms with E-state index in [0.717, 1.165) is 35.6 Å². The van der Waals surface area contributed by atoms with E-state index in [-0.39, 0.29) is 12.5 Å². The summed E-state index contributed by atoms with van der Waals surface area (Å²) < 4.78 is 0. The molecule has 1 N–H and O–H groups in total. The number of amides is 1. The Morgan fingerprint density at radius 1 is 1.00 bits per heavy atom. The average Bonchev–Trinajstić information content (AvgIpc) is 3.76. The van der Waals surface area contributed by atoms with Crippen molar-refractivity contribution >= 4 is 35.4 Å². The number of aldehydes is 1. The van der Waals surface area contributed by atoms with Crippen molar-refractivity contribution in [3.8, 4) is 0 Å². The summed E-state index contributed by atoms with van der Waals surface area (Å²) in [6, 6.07) is 16.3. The number of likely N-dealkylation sites (tertiary alicyclic amines) is 1. The zero-order chi connectivity index (χ0) is 31.1. The fourth-order valence-electron chi connectivity index (χ4n) is 6.16. The van der Waals surface area contributed by atoms with Gasteiger partial charge in [0, 0.05) is 11.6 Å². The van der Waals surface area contributed by atoms with Gasteiger partial charge in [0.2, 0.25) is 0 Å². The monoisotopic (exact) mass is 616 g/mol. The van der Waals surface area contributed by atoms with Gasteiger partial charge in [-0.2, -0.15) is 0 Å². The van der Waals surface area contributed by atoms with Gasteiger partial charge in [-0.1, -0.05) is 107 Å². The van der Waals surface area contributed by atoms with E-state index in [9.17, 15) is 9.59 Å². The molecule has 2 aromatic rings. The van der Waals surface area contributed by atoms with Crippen LogP contribution in [0.3, 0.4) is 0 Å². The predicted octanol–water partition coefficient (Wildman–Crippen LogP) is 9.38. The number of hydrogen-bond acceptors (Lipinski definition) is 3. The topological polar surface area (TPSA) is 49.4 Å². The van der Waals surface area contributed by atoms with E-state index in [1.807, 2.05) is 0 Å². The number of carbonyl (C=O) groups is 2. The normalized spacial score (nSPS) is 19.6. The first-order valence-electron chi connectivity index (χ1n) is 16.0. The Hall–Kier alpha value is -1.88. The van der Waals surface area contributed by atoms with Crippen molar-refractivity contribution in [3.05, 3.63) is 69.7 Å². The van der Waals surface area contributed by atoms with Gasteiger partial charge < -0.3 is 15.0 Å². The summed E-state index contributed by atoms with van der Waals surface area (Å²) in [6.45, 7) is 13.1. The Bertz CT molecular complexity index is 1060. The molecular formula is C36H54Cl2N2O2. The summed E-state index contributed by atoms with van der Waals surface area (Å²) in [5.41, 5.74) is 1.87. The Morgan fingerprint density at radius 2 is 1.69 bits per heavy atom. The van der Waals surface area contributed by atoms with E-state index in [0.29, 0.717) is 21.9 Å². The second kappa shape index (κ2) is 19.4. The van der Waals surface area contributed by atoms with Gasteiger partial charge in [-0.25, -0.2) is 0 Å². The lowest BCUT2D eigenvalue weighted by atomic mass is 9.84.